The first-order valence-corrected chi connectivity index (χ1v) is 6.99. The van der Waals surface area contributed by atoms with Crippen molar-refractivity contribution in [2.75, 3.05) is 12.3 Å². The molecule has 21 heavy (non-hydrogen) atoms. The number of anilines is 1. The lowest BCUT2D eigenvalue weighted by atomic mass is 10.1. The second kappa shape index (κ2) is 6.22. The van der Waals surface area contributed by atoms with E-state index >= 15 is 0 Å². The largest absolute Gasteiger partial charge is 0.491 e. The van der Waals surface area contributed by atoms with E-state index in [2.05, 4.69) is 9.97 Å². The van der Waals surface area contributed by atoms with Crippen molar-refractivity contribution in [1.82, 2.24) is 9.97 Å². The van der Waals surface area contributed by atoms with Gasteiger partial charge >= 0.3 is 0 Å². The molecule has 0 bridgehead atoms. The van der Waals surface area contributed by atoms with Crippen LogP contribution in [0.15, 0.2) is 55.0 Å². The Labute approximate surface area is 123 Å². The highest BCUT2D eigenvalue weighted by Gasteiger charge is 2.07. The molecule has 0 spiro atoms. The molecule has 0 saturated heterocycles. The van der Waals surface area contributed by atoms with Crippen LogP contribution >= 0.6 is 0 Å². The van der Waals surface area contributed by atoms with Gasteiger partial charge in [0.1, 0.15) is 0 Å². The summed E-state index contributed by atoms with van der Waals surface area (Å²) in [4.78, 5) is 8.32. The molecule has 0 unspecified atom stereocenters. The van der Waals surface area contributed by atoms with Crippen LogP contribution in [0.2, 0.25) is 0 Å². The van der Waals surface area contributed by atoms with Crippen molar-refractivity contribution in [3.63, 3.8) is 0 Å². The van der Waals surface area contributed by atoms with Crippen LogP contribution in [0.1, 0.15) is 12.0 Å². The van der Waals surface area contributed by atoms with E-state index in [0.29, 0.717) is 12.3 Å². The molecule has 0 aliphatic rings. The molecule has 2 N–H and O–H groups in total. The van der Waals surface area contributed by atoms with Crippen molar-refractivity contribution >= 4 is 16.6 Å². The average molecular weight is 279 g/mol. The summed E-state index contributed by atoms with van der Waals surface area (Å²) in [5.41, 5.74) is 8.73. The van der Waals surface area contributed by atoms with Gasteiger partial charge in [0.05, 0.1) is 24.0 Å². The van der Waals surface area contributed by atoms with E-state index in [1.165, 1.54) is 5.56 Å². The summed E-state index contributed by atoms with van der Waals surface area (Å²) in [6.45, 7) is 0.626. The number of aryl methyl sites for hydroxylation is 1. The van der Waals surface area contributed by atoms with Crippen molar-refractivity contribution in [3.05, 3.63) is 60.6 Å². The maximum Gasteiger partial charge on any atom is 0.153 e. The number of pyridine rings is 2. The maximum absolute atomic E-state index is 5.98. The van der Waals surface area contributed by atoms with Crippen molar-refractivity contribution in [3.8, 4) is 5.75 Å². The minimum absolute atomic E-state index is 0.581. The fourth-order valence-electron chi connectivity index (χ4n) is 2.29. The Balaban J connectivity index is 1.67. The van der Waals surface area contributed by atoms with E-state index in [-0.39, 0.29) is 0 Å². The number of ether oxygens (including phenoxy) is 1. The summed E-state index contributed by atoms with van der Waals surface area (Å²) in [5, 5.41) is 0.960. The summed E-state index contributed by atoms with van der Waals surface area (Å²) in [7, 11) is 0. The molecule has 3 rings (SSSR count). The number of hydrogen-bond donors (Lipinski definition) is 1. The van der Waals surface area contributed by atoms with Crippen LogP contribution in [-0.4, -0.2) is 16.6 Å². The molecule has 106 valence electrons. The predicted octanol–water partition coefficient (Wildman–Crippen LogP) is 3.22. The van der Waals surface area contributed by atoms with Gasteiger partial charge in [-0.1, -0.05) is 12.1 Å². The zero-order valence-electron chi connectivity index (χ0n) is 11.7. The highest BCUT2D eigenvalue weighted by atomic mass is 16.5. The summed E-state index contributed by atoms with van der Waals surface area (Å²) in [5.74, 6) is 0.732. The van der Waals surface area contributed by atoms with Crippen molar-refractivity contribution < 1.29 is 4.74 Å². The monoisotopic (exact) mass is 279 g/mol. The normalized spacial score (nSPS) is 10.7. The molecule has 0 fully saturated rings. The Hall–Kier alpha value is -2.62. The molecule has 4 heteroatoms. The minimum Gasteiger partial charge on any atom is -0.491 e. The second-order valence-electron chi connectivity index (χ2n) is 4.87. The Bertz CT molecular complexity index is 728. The molecule has 0 radical (unpaired) electrons. The smallest absolute Gasteiger partial charge is 0.153 e. The lowest BCUT2D eigenvalue weighted by Crippen LogP contribution is -2.03. The van der Waals surface area contributed by atoms with Gasteiger partial charge in [-0.25, -0.2) is 0 Å². The number of fused-ring (bicyclic) bond motifs is 1. The van der Waals surface area contributed by atoms with Gasteiger partial charge in [0.15, 0.2) is 5.75 Å². The van der Waals surface area contributed by atoms with Gasteiger partial charge < -0.3 is 10.5 Å². The van der Waals surface area contributed by atoms with E-state index in [9.17, 15) is 0 Å². The number of benzene rings is 1. The second-order valence-corrected chi connectivity index (χ2v) is 4.87. The van der Waals surface area contributed by atoms with Crippen LogP contribution in [0.3, 0.4) is 0 Å². The van der Waals surface area contributed by atoms with E-state index < -0.39 is 0 Å². The number of nitrogen functional groups attached to an aromatic ring is 1. The topological polar surface area (TPSA) is 61.0 Å². The zero-order chi connectivity index (χ0) is 14.5. The molecule has 1 aromatic carbocycles. The highest BCUT2D eigenvalue weighted by Crippen LogP contribution is 2.30. The summed E-state index contributed by atoms with van der Waals surface area (Å²) < 4.78 is 5.89. The summed E-state index contributed by atoms with van der Waals surface area (Å²) in [6.07, 6.45) is 7.17. The standard InChI is InChI=1S/C17H17N3O/c18-15-12-20-16-6-2-1-5-14(16)17(15)21-11-3-4-13-7-9-19-10-8-13/h1-2,5-10,12H,3-4,11,18H2. The van der Waals surface area contributed by atoms with Crippen LogP contribution in [0.25, 0.3) is 10.9 Å². The first kappa shape index (κ1) is 13.4. The molecule has 0 atom stereocenters. The SMILES string of the molecule is Nc1cnc2ccccc2c1OCCCc1ccncc1. The molecule has 0 amide bonds. The Morgan fingerprint density at radius 1 is 1.05 bits per heavy atom. The third-order valence-electron chi connectivity index (χ3n) is 3.36. The van der Waals surface area contributed by atoms with Gasteiger partial charge in [-0.2, -0.15) is 0 Å². The molecule has 0 aliphatic carbocycles. The number of nitrogens with zero attached hydrogens (tertiary/aromatic N) is 2. The van der Waals surface area contributed by atoms with Crippen LogP contribution in [0.5, 0.6) is 5.75 Å². The molecule has 3 aromatic rings. The highest BCUT2D eigenvalue weighted by molar-refractivity contribution is 5.89. The molecule has 4 nitrogen and oxygen atoms in total. The molecule has 0 saturated carbocycles. The van der Waals surface area contributed by atoms with Crippen LogP contribution < -0.4 is 10.5 Å². The van der Waals surface area contributed by atoms with E-state index in [0.717, 1.165) is 29.5 Å². The van der Waals surface area contributed by atoms with E-state index in [1.54, 1.807) is 6.20 Å². The van der Waals surface area contributed by atoms with Gasteiger partial charge in [0, 0.05) is 17.8 Å². The molecular formula is C17H17N3O. The number of aromatic nitrogens is 2. The van der Waals surface area contributed by atoms with Crippen LogP contribution in [0.4, 0.5) is 5.69 Å². The number of rotatable bonds is 5. The molecule has 2 heterocycles. The van der Waals surface area contributed by atoms with Gasteiger partial charge in [0.2, 0.25) is 0 Å². The lowest BCUT2D eigenvalue weighted by molar-refractivity contribution is 0.316. The van der Waals surface area contributed by atoms with Gasteiger partial charge in [0.25, 0.3) is 0 Å². The van der Waals surface area contributed by atoms with E-state index in [1.807, 2.05) is 48.8 Å². The molecule has 2 aromatic heterocycles. The third-order valence-corrected chi connectivity index (χ3v) is 3.36. The minimum atomic E-state index is 0.581. The first-order chi connectivity index (χ1) is 10.3. The Kier molecular flexibility index (Phi) is 3.96. The Morgan fingerprint density at radius 2 is 1.86 bits per heavy atom. The number of hydrogen-bond acceptors (Lipinski definition) is 4. The lowest BCUT2D eigenvalue weighted by Gasteiger charge is -2.11. The van der Waals surface area contributed by atoms with Gasteiger partial charge in [-0.3, -0.25) is 9.97 Å². The first-order valence-electron chi connectivity index (χ1n) is 6.99. The maximum atomic E-state index is 5.98. The zero-order valence-corrected chi connectivity index (χ0v) is 11.7. The molecule has 0 aliphatic heterocycles. The number of nitrogens with two attached hydrogens (primary N) is 1. The fraction of sp³-hybridized carbons (Fsp3) is 0.176. The van der Waals surface area contributed by atoms with Crippen molar-refractivity contribution in [2.24, 2.45) is 0 Å². The third kappa shape index (κ3) is 3.11. The van der Waals surface area contributed by atoms with Gasteiger partial charge in [-0.05, 0) is 42.7 Å². The fourth-order valence-corrected chi connectivity index (χ4v) is 2.29. The van der Waals surface area contributed by atoms with Gasteiger partial charge in [-0.15, -0.1) is 0 Å². The van der Waals surface area contributed by atoms with E-state index in [4.69, 9.17) is 10.5 Å². The summed E-state index contributed by atoms with van der Waals surface area (Å²) >= 11 is 0. The van der Waals surface area contributed by atoms with Crippen LogP contribution in [0, 0.1) is 0 Å². The Morgan fingerprint density at radius 3 is 2.71 bits per heavy atom. The van der Waals surface area contributed by atoms with Crippen molar-refractivity contribution in [1.29, 1.82) is 0 Å². The average Bonchev–Trinajstić information content (AvgIpc) is 2.54. The van der Waals surface area contributed by atoms with Crippen LogP contribution in [-0.2, 0) is 6.42 Å². The van der Waals surface area contributed by atoms with Crippen molar-refractivity contribution in [2.45, 2.75) is 12.8 Å². The predicted molar refractivity (Wildman–Crippen MR) is 84.2 cm³/mol. The summed E-state index contributed by atoms with van der Waals surface area (Å²) in [6, 6.07) is 11.9. The quantitative estimate of drug-likeness (QED) is 0.728. The number of para-hydroxylation sites is 1. The molecular weight excluding hydrogens is 262 g/mol.